The average Bonchev–Trinajstić information content (AvgIpc) is 3.08. The van der Waals surface area contributed by atoms with Gasteiger partial charge in [0, 0.05) is 18.5 Å². The number of hydrogen-bond acceptors (Lipinski definition) is 5. The van der Waals surface area contributed by atoms with Crippen molar-refractivity contribution in [3.05, 3.63) is 53.7 Å². The van der Waals surface area contributed by atoms with Gasteiger partial charge in [0.05, 0.1) is 11.1 Å². The Hall–Kier alpha value is -2.00. The van der Waals surface area contributed by atoms with E-state index in [0.717, 1.165) is 39.3 Å². The molecule has 0 atom stereocenters. The lowest BCUT2D eigenvalue weighted by Gasteiger charge is -2.10. The molecule has 4 nitrogen and oxygen atoms in total. The predicted octanol–water partition coefficient (Wildman–Crippen LogP) is 5.39. The van der Waals surface area contributed by atoms with Crippen LogP contribution < -0.4 is 0 Å². The van der Waals surface area contributed by atoms with E-state index >= 15 is 0 Å². The first-order chi connectivity index (χ1) is 12.9. The van der Waals surface area contributed by atoms with Crippen molar-refractivity contribution in [2.75, 3.05) is 6.26 Å². The van der Waals surface area contributed by atoms with Gasteiger partial charge in [-0.15, -0.1) is 22.0 Å². The second-order valence-corrected chi connectivity index (χ2v) is 7.33. The topological polar surface area (TPSA) is 43.6 Å². The molecule has 0 aliphatic carbocycles. The molecule has 27 heavy (non-hydrogen) atoms. The molecule has 0 unspecified atom stereocenters. The Morgan fingerprint density at radius 3 is 2.44 bits per heavy atom. The molecule has 0 radical (unpaired) electrons. The molecule has 0 aliphatic heterocycles. The maximum atomic E-state index is 12.7. The summed E-state index contributed by atoms with van der Waals surface area (Å²) in [6.45, 7) is 2.69. The van der Waals surface area contributed by atoms with Crippen LogP contribution in [-0.2, 0) is 18.5 Å². The molecule has 0 amide bonds. The van der Waals surface area contributed by atoms with Crippen LogP contribution >= 0.6 is 23.5 Å². The molecule has 1 aromatic carbocycles. The zero-order valence-electron chi connectivity index (χ0n) is 14.7. The lowest BCUT2D eigenvalue weighted by atomic mass is 10.1. The summed E-state index contributed by atoms with van der Waals surface area (Å²) in [5, 5.41) is 10.2. The third-order valence-corrected chi connectivity index (χ3v) is 5.64. The second-order valence-electron chi connectivity index (χ2n) is 5.59. The van der Waals surface area contributed by atoms with Gasteiger partial charge in [-0.05, 0) is 43.0 Å². The van der Waals surface area contributed by atoms with Crippen LogP contribution in [0.4, 0.5) is 13.2 Å². The molecule has 0 N–H and O–H groups in total. The molecule has 0 fully saturated rings. The molecule has 2 heterocycles. The van der Waals surface area contributed by atoms with Gasteiger partial charge < -0.3 is 4.57 Å². The minimum absolute atomic E-state index is 0.513. The summed E-state index contributed by atoms with van der Waals surface area (Å²) in [5.41, 5.74) is 1.07. The van der Waals surface area contributed by atoms with E-state index in [-0.39, 0.29) is 0 Å². The summed E-state index contributed by atoms with van der Waals surface area (Å²) in [7, 11) is 0. The third-order valence-electron chi connectivity index (χ3n) is 3.89. The summed E-state index contributed by atoms with van der Waals surface area (Å²) >= 11 is 2.99. The number of thioether (sulfide) groups is 2. The zero-order chi connectivity index (χ0) is 19.4. The maximum absolute atomic E-state index is 12.7. The minimum Gasteiger partial charge on any atom is -0.302 e. The van der Waals surface area contributed by atoms with Gasteiger partial charge in [-0.2, -0.15) is 13.2 Å². The summed E-state index contributed by atoms with van der Waals surface area (Å²) < 4.78 is 40.0. The van der Waals surface area contributed by atoms with E-state index in [0.29, 0.717) is 12.3 Å². The SMILES string of the molecule is CCn1c(SCc2ccc(C(F)(F)F)cc2)nnc1-c1cccnc1SC. The molecular formula is C18H17F3N4S2. The highest BCUT2D eigenvalue weighted by Crippen LogP contribution is 2.32. The first-order valence-electron chi connectivity index (χ1n) is 8.15. The summed E-state index contributed by atoms with van der Waals surface area (Å²) in [5.74, 6) is 1.25. The molecule has 3 rings (SSSR count). The van der Waals surface area contributed by atoms with Gasteiger partial charge in [0.2, 0.25) is 0 Å². The Balaban J connectivity index is 1.79. The van der Waals surface area contributed by atoms with Crippen molar-refractivity contribution in [3.63, 3.8) is 0 Å². The van der Waals surface area contributed by atoms with Crippen molar-refractivity contribution >= 4 is 23.5 Å². The van der Waals surface area contributed by atoms with Crippen molar-refractivity contribution < 1.29 is 13.2 Å². The number of benzene rings is 1. The summed E-state index contributed by atoms with van der Waals surface area (Å²) in [4.78, 5) is 4.36. The van der Waals surface area contributed by atoms with Crippen LogP contribution in [-0.4, -0.2) is 26.0 Å². The van der Waals surface area contributed by atoms with E-state index in [1.54, 1.807) is 18.0 Å². The van der Waals surface area contributed by atoms with Gasteiger partial charge in [-0.3, -0.25) is 0 Å². The Labute approximate surface area is 163 Å². The van der Waals surface area contributed by atoms with E-state index in [1.165, 1.54) is 23.9 Å². The fourth-order valence-corrected chi connectivity index (χ4v) is 4.04. The lowest BCUT2D eigenvalue weighted by molar-refractivity contribution is -0.137. The fourth-order valence-electron chi connectivity index (χ4n) is 2.54. The molecule has 0 saturated heterocycles. The van der Waals surface area contributed by atoms with Gasteiger partial charge in [0.15, 0.2) is 11.0 Å². The number of halogens is 3. The summed E-state index contributed by atoms with van der Waals surface area (Å²) in [6.07, 6.45) is -0.622. The number of hydrogen-bond donors (Lipinski definition) is 0. The Bertz CT molecular complexity index is 908. The Morgan fingerprint density at radius 2 is 1.81 bits per heavy atom. The van der Waals surface area contributed by atoms with Crippen LogP contribution in [0.25, 0.3) is 11.4 Å². The van der Waals surface area contributed by atoms with Gasteiger partial charge in [-0.1, -0.05) is 23.9 Å². The molecule has 0 bridgehead atoms. The van der Waals surface area contributed by atoms with Gasteiger partial charge in [-0.25, -0.2) is 4.98 Å². The molecule has 9 heteroatoms. The standard InChI is InChI=1S/C18H17F3N4S2/c1-3-25-15(14-5-4-10-22-16(14)26-2)23-24-17(25)27-11-12-6-8-13(9-7-12)18(19,20)21/h4-10H,3,11H2,1-2H3. The van der Waals surface area contributed by atoms with Crippen LogP contribution in [0.15, 0.2) is 52.8 Å². The minimum atomic E-state index is -4.32. The van der Waals surface area contributed by atoms with Crippen molar-refractivity contribution in [2.45, 2.75) is 35.6 Å². The smallest absolute Gasteiger partial charge is 0.302 e. The number of aromatic nitrogens is 4. The zero-order valence-corrected chi connectivity index (χ0v) is 16.3. The Kier molecular flexibility index (Phi) is 6.11. The predicted molar refractivity (Wildman–Crippen MR) is 102 cm³/mol. The largest absolute Gasteiger partial charge is 0.416 e. The van der Waals surface area contributed by atoms with Crippen LogP contribution in [0.2, 0.25) is 0 Å². The molecule has 0 saturated carbocycles. The summed E-state index contributed by atoms with van der Waals surface area (Å²) in [6, 6.07) is 9.02. The molecule has 0 spiro atoms. The van der Waals surface area contributed by atoms with E-state index in [1.807, 2.05) is 29.9 Å². The van der Waals surface area contributed by atoms with Gasteiger partial charge in [0.1, 0.15) is 5.03 Å². The highest BCUT2D eigenvalue weighted by atomic mass is 32.2. The maximum Gasteiger partial charge on any atom is 0.416 e. The molecule has 3 aromatic rings. The fraction of sp³-hybridized carbons (Fsp3) is 0.278. The quantitative estimate of drug-likeness (QED) is 0.510. The van der Waals surface area contributed by atoms with Crippen LogP contribution in [0.1, 0.15) is 18.1 Å². The monoisotopic (exact) mass is 410 g/mol. The van der Waals surface area contributed by atoms with Crippen molar-refractivity contribution in [1.29, 1.82) is 0 Å². The molecule has 2 aromatic heterocycles. The molecule has 0 aliphatic rings. The highest BCUT2D eigenvalue weighted by molar-refractivity contribution is 7.98. The van der Waals surface area contributed by atoms with Crippen LogP contribution in [0.5, 0.6) is 0 Å². The van der Waals surface area contributed by atoms with E-state index in [2.05, 4.69) is 15.2 Å². The van der Waals surface area contributed by atoms with Gasteiger partial charge in [0.25, 0.3) is 0 Å². The van der Waals surface area contributed by atoms with E-state index in [4.69, 9.17) is 0 Å². The lowest BCUT2D eigenvalue weighted by Crippen LogP contribution is -2.04. The number of rotatable bonds is 6. The van der Waals surface area contributed by atoms with Crippen molar-refractivity contribution in [2.24, 2.45) is 0 Å². The normalized spacial score (nSPS) is 11.7. The third kappa shape index (κ3) is 4.47. The Morgan fingerprint density at radius 1 is 1.07 bits per heavy atom. The van der Waals surface area contributed by atoms with Crippen molar-refractivity contribution in [3.8, 4) is 11.4 Å². The number of pyridine rings is 1. The first kappa shape index (κ1) is 19.8. The average molecular weight is 410 g/mol. The highest BCUT2D eigenvalue weighted by Gasteiger charge is 2.29. The van der Waals surface area contributed by atoms with Crippen molar-refractivity contribution in [1.82, 2.24) is 19.7 Å². The van der Waals surface area contributed by atoms with E-state index in [9.17, 15) is 13.2 Å². The van der Waals surface area contributed by atoms with Crippen LogP contribution in [0.3, 0.4) is 0 Å². The first-order valence-corrected chi connectivity index (χ1v) is 10.4. The number of nitrogens with zero attached hydrogens (tertiary/aromatic N) is 4. The second kappa shape index (κ2) is 8.35. The molecular weight excluding hydrogens is 393 g/mol. The van der Waals surface area contributed by atoms with Gasteiger partial charge >= 0.3 is 6.18 Å². The number of alkyl halides is 3. The van der Waals surface area contributed by atoms with E-state index < -0.39 is 11.7 Å². The molecule has 142 valence electrons. The van der Waals surface area contributed by atoms with Crippen LogP contribution in [0, 0.1) is 0 Å².